The van der Waals surface area contributed by atoms with Crippen molar-refractivity contribution < 1.29 is 4.79 Å². The molecule has 4 rings (SSSR count). The number of carbonyl (C=O) groups excluding carboxylic acids is 1. The Balaban J connectivity index is 1.62. The first kappa shape index (κ1) is 18.0. The SMILES string of the molecule is Cc1ccc(-n2ncc3c2CC(C)(C)C[C@@H]3NC(=O)Cc2ccsc2)cc1. The number of aryl methyl sites for hydroxylation is 1. The Labute approximate surface area is 164 Å². The highest BCUT2D eigenvalue weighted by atomic mass is 32.1. The molecule has 0 saturated carbocycles. The van der Waals surface area contributed by atoms with Crippen LogP contribution < -0.4 is 5.32 Å². The molecule has 27 heavy (non-hydrogen) atoms. The molecule has 0 spiro atoms. The lowest BCUT2D eigenvalue weighted by Gasteiger charge is -2.36. The summed E-state index contributed by atoms with van der Waals surface area (Å²) in [4.78, 5) is 12.6. The van der Waals surface area contributed by atoms with Crippen LogP contribution in [0.5, 0.6) is 0 Å². The maximum Gasteiger partial charge on any atom is 0.224 e. The molecule has 2 aromatic heterocycles. The van der Waals surface area contributed by atoms with E-state index in [2.05, 4.69) is 55.5 Å². The zero-order valence-electron chi connectivity index (χ0n) is 16.0. The van der Waals surface area contributed by atoms with Gasteiger partial charge in [0.05, 0.1) is 30.0 Å². The molecule has 0 bridgehead atoms. The molecule has 1 aliphatic rings. The molecule has 1 amide bonds. The third-order valence-electron chi connectivity index (χ3n) is 5.24. The fraction of sp³-hybridized carbons (Fsp3) is 0.364. The van der Waals surface area contributed by atoms with Gasteiger partial charge in [-0.1, -0.05) is 31.5 Å². The Kier molecular flexibility index (Phi) is 4.64. The van der Waals surface area contributed by atoms with Crippen LogP contribution >= 0.6 is 11.3 Å². The number of rotatable bonds is 4. The van der Waals surface area contributed by atoms with Gasteiger partial charge < -0.3 is 5.32 Å². The summed E-state index contributed by atoms with van der Waals surface area (Å²) in [6.45, 7) is 6.62. The second-order valence-electron chi connectivity index (χ2n) is 8.27. The van der Waals surface area contributed by atoms with E-state index in [1.165, 1.54) is 11.3 Å². The van der Waals surface area contributed by atoms with Gasteiger partial charge in [-0.15, -0.1) is 0 Å². The fourth-order valence-corrected chi connectivity index (χ4v) is 4.57. The van der Waals surface area contributed by atoms with Gasteiger partial charge in [0.2, 0.25) is 5.91 Å². The van der Waals surface area contributed by atoms with Crippen molar-refractivity contribution >= 4 is 17.2 Å². The Morgan fingerprint density at radius 2 is 2.07 bits per heavy atom. The topological polar surface area (TPSA) is 46.9 Å². The molecule has 0 fully saturated rings. The molecule has 5 heteroatoms. The molecule has 3 aromatic rings. The van der Waals surface area contributed by atoms with Crippen LogP contribution in [0.2, 0.25) is 0 Å². The van der Waals surface area contributed by atoms with Crippen LogP contribution in [0, 0.1) is 12.3 Å². The minimum Gasteiger partial charge on any atom is -0.349 e. The van der Waals surface area contributed by atoms with Crippen molar-refractivity contribution in [3.05, 3.63) is 69.7 Å². The zero-order chi connectivity index (χ0) is 19.0. The van der Waals surface area contributed by atoms with Gasteiger partial charge in [0.15, 0.2) is 0 Å². The summed E-state index contributed by atoms with van der Waals surface area (Å²) < 4.78 is 2.04. The summed E-state index contributed by atoms with van der Waals surface area (Å²) in [6, 6.07) is 10.4. The molecule has 0 saturated heterocycles. The fourth-order valence-electron chi connectivity index (χ4n) is 3.90. The summed E-state index contributed by atoms with van der Waals surface area (Å²) in [7, 11) is 0. The van der Waals surface area contributed by atoms with Crippen LogP contribution in [0.15, 0.2) is 47.3 Å². The molecule has 4 nitrogen and oxygen atoms in total. The summed E-state index contributed by atoms with van der Waals surface area (Å²) in [5, 5.41) is 12.0. The molecule has 1 aliphatic carbocycles. The highest BCUT2D eigenvalue weighted by Gasteiger charge is 2.36. The number of amides is 1. The molecular weight excluding hydrogens is 354 g/mol. The van der Waals surface area contributed by atoms with Crippen LogP contribution in [0.1, 0.15) is 48.7 Å². The van der Waals surface area contributed by atoms with Crippen LogP contribution in [0.25, 0.3) is 5.69 Å². The van der Waals surface area contributed by atoms with Crippen LogP contribution in [-0.2, 0) is 17.6 Å². The zero-order valence-corrected chi connectivity index (χ0v) is 16.8. The molecule has 0 unspecified atom stereocenters. The van der Waals surface area contributed by atoms with E-state index in [1.807, 2.05) is 27.7 Å². The van der Waals surface area contributed by atoms with Gasteiger partial charge in [-0.05, 0) is 59.7 Å². The van der Waals surface area contributed by atoms with Gasteiger partial charge in [0.1, 0.15) is 0 Å². The van der Waals surface area contributed by atoms with Gasteiger partial charge in [-0.25, -0.2) is 4.68 Å². The van der Waals surface area contributed by atoms with E-state index in [4.69, 9.17) is 0 Å². The highest BCUT2D eigenvalue weighted by molar-refractivity contribution is 7.08. The Morgan fingerprint density at radius 1 is 1.30 bits per heavy atom. The lowest BCUT2D eigenvalue weighted by molar-refractivity contribution is -0.121. The Morgan fingerprint density at radius 3 is 2.78 bits per heavy atom. The average molecular weight is 380 g/mol. The van der Waals surface area contributed by atoms with Gasteiger partial charge in [0.25, 0.3) is 0 Å². The lowest BCUT2D eigenvalue weighted by Crippen LogP contribution is -2.37. The number of hydrogen-bond donors (Lipinski definition) is 1. The number of carbonyl (C=O) groups is 1. The number of fused-ring (bicyclic) bond motifs is 1. The number of thiophene rings is 1. The largest absolute Gasteiger partial charge is 0.349 e. The highest BCUT2D eigenvalue weighted by Crippen LogP contribution is 2.41. The monoisotopic (exact) mass is 379 g/mol. The summed E-state index contributed by atoms with van der Waals surface area (Å²) >= 11 is 1.62. The van der Waals surface area contributed by atoms with Crippen molar-refractivity contribution in [3.8, 4) is 5.69 Å². The van der Waals surface area contributed by atoms with Gasteiger partial charge in [-0.3, -0.25) is 4.79 Å². The minimum absolute atomic E-state index is 0.00841. The molecule has 0 radical (unpaired) electrons. The van der Waals surface area contributed by atoms with Crippen molar-refractivity contribution in [2.24, 2.45) is 5.41 Å². The first-order valence-corrected chi connectivity index (χ1v) is 10.3. The second-order valence-corrected chi connectivity index (χ2v) is 9.05. The standard InChI is InChI=1S/C22H25N3OS/c1-15-4-6-17(7-5-15)25-20-12-22(2,3)11-19(18(20)13-23-25)24-21(26)10-16-8-9-27-14-16/h4-9,13-14,19H,10-12H2,1-3H3,(H,24,26)/t19-/m0/s1. The van der Waals surface area contributed by atoms with Crippen molar-refractivity contribution in [1.82, 2.24) is 15.1 Å². The second kappa shape index (κ2) is 6.97. The molecule has 0 aliphatic heterocycles. The molecule has 1 atom stereocenters. The van der Waals surface area contributed by atoms with Crippen LogP contribution in [0.3, 0.4) is 0 Å². The number of aromatic nitrogens is 2. The van der Waals surface area contributed by atoms with Crippen molar-refractivity contribution in [1.29, 1.82) is 0 Å². The molecule has 2 heterocycles. The predicted molar refractivity (Wildman–Crippen MR) is 109 cm³/mol. The maximum atomic E-state index is 12.6. The normalized spacial score (nSPS) is 18.1. The first-order valence-electron chi connectivity index (χ1n) is 9.36. The number of benzene rings is 1. The average Bonchev–Trinajstić information content (AvgIpc) is 3.24. The van der Waals surface area contributed by atoms with Gasteiger partial charge in [-0.2, -0.15) is 16.4 Å². The van der Waals surface area contributed by atoms with E-state index >= 15 is 0 Å². The molecule has 140 valence electrons. The van der Waals surface area contributed by atoms with Gasteiger partial charge >= 0.3 is 0 Å². The van der Waals surface area contributed by atoms with Crippen molar-refractivity contribution in [2.45, 2.75) is 46.1 Å². The lowest BCUT2D eigenvalue weighted by atomic mass is 9.74. The van der Waals surface area contributed by atoms with Crippen LogP contribution in [-0.4, -0.2) is 15.7 Å². The molecule has 1 aromatic carbocycles. The smallest absolute Gasteiger partial charge is 0.224 e. The van der Waals surface area contributed by atoms with Crippen molar-refractivity contribution in [2.75, 3.05) is 0 Å². The Bertz CT molecular complexity index is 939. The van der Waals surface area contributed by atoms with E-state index in [0.29, 0.717) is 6.42 Å². The summed E-state index contributed by atoms with van der Waals surface area (Å²) in [5.41, 5.74) is 5.84. The third kappa shape index (κ3) is 3.83. The third-order valence-corrected chi connectivity index (χ3v) is 5.97. The number of nitrogens with zero attached hydrogens (tertiary/aromatic N) is 2. The number of hydrogen-bond acceptors (Lipinski definition) is 3. The van der Waals surface area contributed by atoms with E-state index in [-0.39, 0.29) is 17.4 Å². The maximum absolute atomic E-state index is 12.6. The summed E-state index contributed by atoms with van der Waals surface area (Å²) in [5.74, 6) is 0.0742. The first-order chi connectivity index (χ1) is 12.9. The predicted octanol–water partition coefficient (Wildman–Crippen LogP) is 4.61. The quantitative estimate of drug-likeness (QED) is 0.719. The van der Waals surface area contributed by atoms with Crippen LogP contribution in [0.4, 0.5) is 0 Å². The van der Waals surface area contributed by atoms with Crippen molar-refractivity contribution in [3.63, 3.8) is 0 Å². The molecule has 1 N–H and O–H groups in total. The number of nitrogens with one attached hydrogen (secondary N) is 1. The minimum atomic E-state index is 0.00841. The van der Waals surface area contributed by atoms with E-state index in [9.17, 15) is 4.79 Å². The van der Waals surface area contributed by atoms with E-state index < -0.39 is 0 Å². The van der Waals surface area contributed by atoms with Gasteiger partial charge in [0, 0.05) is 5.56 Å². The van der Waals surface area contributed by atoms with E-state index in [0.717, 1.165) is 29.7 Å². The molecular formula is C22H25N3OS. The summed E-state index contributed by atoms with van der Waals surface area (Å²) in [6.07, 6.45) is 4.24. The Hall–Kier alpha value is -2.40. The van der Waals surface area contributed by atoms with E-state index in [1.54, 1.807) is 11.3 Å².